The number of fused-ring (bicyclic) bond motifs is 1. The summed E-state index contributed by atoms with van der Waals surface area (Å²) in [6.45, 7) is 0.633. The molecule has 0 aliphatic carbocycles. The standard InChI is InChI=1S/C15H13ClFNO2/c16-11-5-9-3-4-20-15(9)10(6-11)7-14(19)13-2-1-12(17)8-18-13/h1-2,5-6,8,14,19H,3-4,7H2. The van der Waals surface area contributed by atoms with E-state index >= 15 is 0 Å². The molecule has 1 aliphatic heterocycles. The Morgan fingerprint density at radius 2 is 2.25 bits per heavy atom. The third kappa shape index (κ3) is 2.62. The molecule has 104 valence electrons. The summed E-state index contributed by atoms with van der Waals surface area (Å²) in [5.74, 6) is 0.378. The number of rotatable bonds is 3. The Morgan fingerprint density at radius 1 is 1.40 bits per heavy atom. The zero-order valence-electron chi connectivity index (χ0n) is 10.6. The summed E-state index contributed by atoms with van der Waals surface area (Å²) in [6.07, 6.45) is 1.44. The van der Waals surface area contributed by atoms with Gasteiger partial charge in [-0.15, -0.1) is 0 Å². The van der Waals surface area contributed by atoms with Crippen LogP contribution in [0.2, 0.25) is 5.02 Å². The lowest BCUT2D eigenvalue weighted by Gasteiger charge is -2.13. The van der Waals surface area contributed by atoms with Crippen molar-refractivity contribution in [2.24, 2.45) is 0 Å². The molecule has 0 saturated heterocycles. The van der Waals surface area contributed by atoms with Gasteiger partial charge in [0.05, 0.1) is 18.5 Å². The maximum Gasteiger partial charge on any atom is 0.141 e. The Balaban J connectivity index is 1.86. The average molecular weight is 294 g/mol. The summed E-state index contributed by atoms with van der Waals surface area (Å²) >= 11 is 6.08. The number of halogens is 2. The third-order valence-electron chi connectivity index (χ3n) is 3.33. The van der Waals surface area contributed by atoms with Crippen molar-refractivity contribution in [1.29, 1.82) is 0 Å². The molecule has 1 atom stereocenters. The minimum Gasteiger partial charge on any atom is -0.493 e. The second kappa shape index (κ2) is 5.38. The van der Waals surface area contributed by atoms with Crippen molar-refractivity contribution < 1.29 is 14.2 Å². The van der Waals surface area contributed by atoms with E-state index in [4.69, 9.17) is 16.3 Å². The zero-order chi connectivity index (χ0) is 14.1. The smallest absolute Gasteiger partial charge is 0.141 e. The summed E-state index contributed by atoms with van der Waals surface area (Å²) in [4.78, 5) is 3.89. The zero-order valence-corrected chi connectivity index (χ0v) is 11.4. The monoisotopic (exact) mass is 293 g/mol. The predicted octanol–water partition coefficient (Wildman–Crippen LogP) is 3.09. The first-order valence-electron chi connectivity index (χ1n) is 6.37. The largest absolute Gasteiger partial charge is 0.493 e. The number of pyridine rings is 1. The van der Waals surface area contributed by atoms with Crippen LogP contribution in [-0.4, -0.2) is 16.7 Å². The molecule has 0 saturated carbocycles. The van der Waals surface area contributed by atoms with E-state index < -0.39 is 11.9 Å². The van der Waals surface area contributed by atoms with Crippen molar-refractivity contribution in [2.75, 3.05) is 6.61 Å². The molecule has 3 nitrogen and oxygen atoms in total. The molecule has 5 heteroatoms. The molecule has 0 bridgehead atoms. The van der Waals surface area contributed by atoms with E-state index in [2.05, 4.69) is 4.98 Å². The second-order valence-corrected chi connectivity index (χ2v) is 5.21. The van der Waals surface area contributed by atoms with E-state index in [9.17, 15) is 9.50 Å². The third-order valence-corrected chi connectivity index (χ3v) is 3.55. The topological polar surface area (TPSA) is 42.4 Å². The van der Waals surface area contributed by atoms with Gasteiger partial charge >= 0.3 is 0 Å². The molecule has 3 rings (SSSR count). The Labute approximate surface area is 121 Å². The molecule has 2 aromatic rings. The quantitative estimate of drug-likeness (QED) is 0.945. The van der Waals surface area contributed by atoms with Crippen LogP contribution >= 0.6 is 11.6 Å². The fraction of sp³-hybridized carbons (Fsp3) is 0.267. The molecule has 0 fully saturated rings. The van der Waals surface area contributed by atoms with Gasteiger partial charge in [-0.3, -0.25) is 4.98 Å². The van der Waals surface area contributed by atoms with Gasteiger partial charge < -0.3 is 9.84 Å². The lowest BCUT2D eigenvalue weighted by molar-refractivity contribution is 0.172. The molecule has 1 aliphatic rings. The lowest BCUT2D eigenvalue weighted by atomic mass is 10.0. The van der Waals surface area contributed by atoms with E-state index in [1.807, 2.05) is 6.07 Å². The van der Waals surface area contributed by atoms with Gasteiger partial charge in [0.1, 0.15) is 17.7 Å². The van der Waals surface area contributed by atoms with E-state index in [0.717, 1.165) is 29.5 Å². The van der Waals surface area contributed by atoms with Crippen molar-refractivity contribution in [2.45, 2.75) is 18.9 Å². The highest BCUT2D eigenvalue weighted by Crippen LogP contribution is 2.35. The maximum atomic E-state index is 12.8. The minimum atomic E-state index is -0.817. The van der Waals surface area contributed by atoms with Gasteiger partial charge in [0, 0.05) is 17.9 Å². The number of aliphatic hydroxyl groups excluding tert-OH is 1. The van der Waals surface area contributed by atoms with Crippen LogP contribution in [0.4, 0.5) is 4.39 Å². The van der Waals surface area contributed by atoms with Gasteiger partial charge in [-0.1, -0.05) is 11.6 Å². The highest BCUT2D eigenvalue weighted by atomic mass is 35.5. The van der Waals surface area contributed by atoms with E-state index in [-0.39, 0.29) is 0 Å². The van der Waals surface area contributed by atoms with Gasteiger partial charge in [-0.05, 0) is 35.4 Å². The number of aliphatic hydroxyl groups is 1. The predicted molar refractivity (Wildman–Crippen MR) is 73.5 cm³/mol. The normalized spacial score (nSPS) is 14.8. The number of hydrogen-bond donors (Lipinski definition) is 1. The number of hydrogen-bond acceptors (Lipinski definition) is 3. The molecular weight excluding hydrogens is 281 g/mol. The van der Waals surface area contributed by atoms with Crippen LogP contribution in [0.3, 0.4) is 0 Å². The van der Waals surface area contributed by atoms with Crippen LogP contribution in [0.15, 0.2) is 30.5 Å². The van der Waals surface area contributed by atoms with E-state index in [1.54, 1.807) is 6.07 Å². The van der Waals surface area contributed by atoms with Crippen LogP contribution < -0.4 is 4.74 Å². The lowest BCUT2D eigenvalue weighted by Crippen LogP contribution is -2.05. The fourth-order valence-corrected chi connectivity index (χ4v) is 2.66. The van der Waals surface area contributed by atoms with Crippen molar-refractivity contribution in [3.05, 3.63) is 58.1 Å². The summed E-state index contributed by atoms with van der Waals surface area (Å²) in [6, 6.07) is 6.43. The van der Waals surface area contributed by atoms with Gasteiger partial charge in [0.15, 0.2) is 0 Å². The number of benzene rings is 1. The molecule has 1 aromatic heterocycles. The van der Waals surface area contributed by atoms with E-state index in [1.165, 1.54) is 12.1 Å². The second-order valence-electron chi connectivity index (χ2n) is 4.77. The van der Waals surface area contributed by atoms with Crippen molar-refractivity contribution in [1.82, 2.24) is 4.98 Å². The molecular formula is C15H13ClFNO2. The van der Waals surface area contributed by atoms with Gasteiger partial charge in [0.2, 0.25) is 0 Å². The number of nitrogens with zero attached hydrogens (tertiary/aromatic N) is 1. The van der Waals surface area contributed by atoms with Crippen molar-refractivity contribution in [3.63, 3.8) is 0 Å². The molecule has 0 spiro atoms. The Bertz CT molecular complexity index is 631. The molecule has 1 unspecified atom stereocenters. The van der Waals surface area contributed by atoms with Gasteiger partial charge in [-0.25, -0.2) is 4.39 Å². The highest BCUT2D eigenvalue weighted by Gasteiger charge is 2.20. The summed E-state index contributed by atoms with van der Waals surface area (Å²) in [5.41, 5.74) is 2.34. The Morgan fingerprint density at radius 3 is 3.00 bits per heavy atom. The SMILES string of the molecule is OC(Cc1cc(Cl)cc2c1OCC2)c1ccc(F)cn1. The van der Waals surface area contributed by atoms with Crippen molar-refractivity contribution >= 4 is 11.6 Å². The molecule has 2 heterocycles. The van der Waals surface area contributed by atoms with Crippen molar-refractivity contribution in [3.8, 4) is 5.75 Å². The maximum absolute atomic E-state index is 12.8. The number of aromatic nitrogens is 1. The molecule has 0 amide bonds. The molecule has 1 N–H and O–H groups in total. The molecule has 1 aromatic carbocycles. The van der Waals surface area contributed by atoms with E-state index in [0.29, 0.717) is 23.7 Å². The average Bonchev–Trinajstić information content (AvgIpc) is 2.87. The highest BCUT2D eigenvalue weighted by molar-refractivity contribution is 6.30. The van der Waals surface area contributed by atoms with Gasteiger partial charge in [-0.2, -0.15) is 0 Å². The van der Waals surface area contributed by atoms with Gasteiger partial charge in [0.25, 0.3) is 0 Å². The first-order chi connectivity index (χ1) is 9.63. The minimum absolute atomic E-state index is 0.335. The van der Waals surface area contributed by atoms with Crippen LogP contribution in [0, 0.1) is 5.82 Å². The summed E-state index contributed by atoms with van der Waals surface area (Å²) in [7, 11) is 0. The Hall–Kier alpha value is -1.65. The van der Waals surface area contributed by atoms with Crippen LogP contribution in [0.5, 0.6) is 5.75 Å². The first kappa shape index (κ1) is 13.3. The fourth-order valence-electron chi connectivity index (χ4n) is 2.39. The first-order valence-corrected chi connectivity index (χ1v) is 6.75. The molecule has 0 radical (unpaired) electrons. The van der Waals surface area contributed by atoms with Crippen LogP contribution in [-0.2, 0) is 12.8 Å². The molecule has 20 heavy (non-hydrogen) atoms. The summed E-state index contributed by atoms with van der Waals surface area (Å²) in [5, 5.41) is 10.8. The Kier molecular flexibility index (Phi) is 3.59. The van der Waals surface area contributed by atoms with Crippen LogP contribution in [0.1, 0.15) is 22.9 Å². The van der Waals surface area contributed by atoms with Crippen LogP contribution in [0.25, 0.3) is 0 Å². The number of ether oxygens (including phenoxy) is 1. The summed E-state index contributed by atoms with van der Waals surface area (Å²) < 4.78 is 18.4.